The number of carbonyl (C=O) groups excluding carboxylic acids is 1. The van der Waals surface area contributed by atoms with Crippen molar-refractivity contribution in [2.45, 2.75) is 63.8 Å². The van der Waals surface area contributed by atoms with E-state index in [0.29, 0.717) is 0 Å². The fourth-order valence-electron chi connectivity index (χ4n) is 6.30. The molecule has 0 bridgehead atoms. The normalized spacial score (nSPS) is 24.0. The third-order valence-corrected chi connectivity index (χ3v) is 9.03. The van der Waals surface area contributed by atoms with Crippen LogP contribution in [0.1, 0.15) is 61.8 Å². The van der Waals surface area contributed by atoms with Crippen LogP contribution < -0.4 is 5.32 Å². The van der Waals surface area contributed by atoms with E-state index < -0.39 is 0 Å². The predicted molar refractivity (Wildman–Crippen MR) is 128 cm³/mol. The van der Waals surface area contributed by atoms with Crippen LogP contribution in [0.4, 0.5) is 0 Å². The lowest BCUT2D eigenvalue weighted by molar-refractivity contribution is -0.123. The number of hydrogen-bond acceptors (Lipinski definition) is 3. The molecule has 3 fully saturated rings. The molecule has 32 heavy (non-hydrogen) atoms. The number of amides is 1. The number of aromatic nitrogens is 2. The van der Waals surface area contributed by atoms with Gasteiger partial charge < -0.3 is 5.32 Å². The Morgan fingerprint density at radius 2 is 1.84 bits per heavy atom. The van der Waals surface area contributed by atoms with E-state index in [1.54, 1.807) is 4.68 Å². The Balaban J connectivity index is 1.15. The van der Waals surface area contributed by atoms with Gasteiger partial charge in [0.2, 0.25) is 5.91 Å². The van der Waals surface area contributed by atoms with Gasteiger partial charge in [-0.05, 0) is 63.1 Å². The highest BCUT2D eigenvalue weighted by molar-refractivity contribution is 6.30. The Morgan fingerprint density at radius 3 is 2.47 bits per heavy atom. The lowest BCUT2D eigenvalue weighted by atomic mass is 9.78. The monoisotopic (exact) mass is 454 g/mol. The standard InChI is InChI=1S/C26H35ClN4O/c1-19-21(23(27)30(2)29-19)17-31-14-12-25(13-15-31)16-22(25)24(32)28-18-26(10-6-7-11-26)20-8-4-3-5-9-20/h3-5,8-9,22H,6-7,10-18H2,1-2H3,(H,28,32)/t22-/m1/s1. The van der Waals surface area contributed by atoms with Gasteiger partial charge in [0.25, 0.3) is 0 Å². The zero-order valence-electron chi connectivity index (χ0n) is 19.4. The van der Waals surface area contributed by atoms with Crippen molar-refractivity contribution >= 4 is 17.5 Å². The number of nitrogens with one attached hydrogen (secondary N) is 1. The summed E-state index contributed by atoms with van der Waals surface area (Å²) < 4.78 is 1.76. The number of likely N-dealkylation sites (tertiary alicyclic amines) is 1. The summed E-state index contributed by atoms with van der Waals surface area (Å²) in [5.41, 5.74) is 3.90. The van der Waals surface area contributed by atoms with Crippen molar-refractivity contribution in [3.05, 3.63) is 52.3 Å². The van der Waals surface area contributed by atoms with E-state index in [-0.39, 0.29) is 22.7 Å². The van der Waals surface area contributed by atoms with E-state index in [1.807, 2.05) is 14.0 Å². The van der Waals surface area contributed by atoms with Gasteiger partial charge in [-0.1, -0.05) is 54.8 Å². The predicted octanol–water partition coefficient (Wildman–Crippen LogP) is 4.61. The van der Waals surface area contributed by atoms with Crippen LogP contribution in [0.5, 0.6) is 0 Å². The lowest BCUT2D eigenvalue weighted by Gasteiger charge is -2.33. The molecule has 0 unspecified atom stereocenters. The molecule has 5 rings (SSSR count). The molecule has 3 aliphatic rings. The number of aryl methyl sites for hydroxylation is 2. The van der Waals surface area contributed by atoms with E-state index in [4.69, 9.17) is 11.6 Å². The third-order valence-electron chi connectivity index (χ3n) is 8.56. The Hall–Kier alpha value is -1.85. The molecule has 172 valence electrons. The summed E-state index contributed by atoms with van der Waals surface area (Å²) in [7, 11) is 1.89. The molecule has 6 heteroatoms. The average Bonchev–Trinajstić information content (AvgIpc) is 3.18. The largest absolute Gasteiger partial charge is 0.355 e. The maximum absolute atomic E-state index is 13.1. The highest BCUT2D eigenvalue weighted by Gasteiger charge is 2.58. The Labute approximate surface area is 196 Å². The van der Waals surface area contributed by atoms with Crippen LogP contribution in [0.3, 0.4) is 0 Å². The van der Waals surface area contributed by atoms with Gasteiger partial charge in [0.15, 0.2) is 0 Å². The number of piperidine rings is 1. The minimum Gasteiger partial charge on any atom is -0.355 e. The zero-order valence-corrected chi connectivity index (χ0v) is 20.1. The van der Waals surface area contributed by atoms with Crippen LogP contribution in [0.25, 0.3) is 0 Å². The summed E-state index contributed by atoms with van der Waals surface area (Å²) in [6.07, 6.45) is 8.13. The maximum Gasteiger partial charge on any atom is 0.223 e. The van der Waals surface area contributed by atoms with Crippen molar-refractivity contribution in [1.82, 2.24) is 20.0 Å². The lowest BCUT2D eigenvalue weighted by Crippen LogP contribution is -2.41. The molecule has 1 N–H and O–H groups in total. The highest BCUT2D eigenvalue weighted by Crippen LogP contribution is 2.59. The fourth-order valence-corrected chi connectivity index (χ4v) is 6.53. The van der Waals surface area contributed by atoms with Gasteiger partial charge in [0.05, 0.1) is 5.69 Å². The van der Waals surface area contributed by atoms with Gasteiger partial charge in [0.1, 0.15) is 5.15 Å². The van der Waals surface area contributed by atoms with E-state index in [1.165, 1.54) is 31.2 Å². The number of hydrogen-bond donors (Lipinski definition) is 1. The van der Waals surface area contributed by atoms with Gasteiger partial charge >= 0.3 is 0 Å². The van der Waals surface area contributed by atoms with Crippen molar-refractivity contribution in [2.75, 3.05) is 19.6 Å². The number of benzene rings is 1. The summed E-state index contributed by atoms with van der Waals surface area (Å²) in [6.45, 7) is 5.73. The SMILES string of the molecule is Cc1nn(C)c(Cl)c1CN1CCC2(CC1)C[C@@H]2C(=O)NCC1(c2ccccc2)CCCC1. The van der Waals surface area contributed by atoms with Gasteiger partial charge in [-0.3, -0.25) is 14.4 Å². The molecule has 1 spiro atoms. The second-order valence-corrected chi connectivity index (χ2v) is 10.8. The van der Waals surface area contributed by atoms with Gasteiger partial charge in [-0.25, -0.2) is 0 Å². The molecule has 1 amide bonds. The first-order valence-corrected chi connectivity index (χ1v) is 12.5. The molecule has 5 nitrogen and oxygen atoms in total. The summed E-state index contributed by atoms with van der Waals surface area (Å²) in [4.78, 5) is 15.6. The molecule has 2 aromatic rings. The number of carbonyl (C=O) groups is 1. The second kappa shape index (κ2) is 8.49. The quantitative estimate of drug-likeness (QED) is 0.693. The summed E-state index contributed by atoms with van der Waals surface area (Å²) >= 11 is 6.43. The molecule has 1 aromatic carbocycles. The Kier molecular flexibility index (Phi) is 5.83. The second-order valence-electron chi connectivity index (χ2n) is 10.4. The zero-order chi connectivity index (χ0) is 22.3. The molecular weight excluding hydrogens is 420 g/mol. The number of halogens is 1. The first kappa shape index (κ1) is 22.0. The van der Waals surface area contributed by atoms with Crippen LogP contribution in [0.15, 0.2) is 30.3 Å². The van der Waals surface area contributed by atoms with Crippen LogP contribution >= 0.6 is 11.6 Å². The van der Waals surface area contributed by atoms with Gasteiger partial charge in [0, 0.05) is 37.0 Å². The number of nitrogens with zero attached hydrogens (tertiary/aromatic N) is 3. The van der Waals surface area contributed by atoms with Gasteiger partial charge in [-0.15, -0.1) is 0 Å². The molecule has 1 aromatic heterocycles. The van der Waals surface area contributed by atoms with Crippen LogP contribution in [0, 0.1) is 18.3 Å². The van der Waals surface area contributed by atoms with Crippen molar-refractivity contribution < 1.29 is 4.79 Å². The third kappa shape index (κ3) is 3.99. The van der Waals surface area contributed by atoms with E-state index in [2.05, 4.69) is 45.6 Å². The molecular formula is C26H35ClN4O. The first-order chi connectivity index (χ1) is 15.4. The molecule has 1 atom stereocenters. The van der Waals surface area contributed by atoms with Crippen molar-refractivity contribution in [2.24, 2.45) is 18.4 Å². The minimum atomic E-state index is 0.128. The Morgan fingerprint density at radius 1 is 1.16 bits per heavy atom. The molecule has 1 saturated heterocycles. The maximum atomic E-state index is 13.1. The molecule has 1 aliphatic heterocycles. The topological polar surface area (TPSA) is 50.2 Å². The Bertz CT molecular complexity index is 971. The van der Waals surface area contributed by atoms with Crippen molar-refractivity contribution in [3.8, 4) is 0 Å². The van der Waals surface area contributed by atoms with E-state index >= 15 is 0 Å². The van der Waals surface area contributed by atoms with Crippen LogP contribution in [0.2, 0.25) is 5.15 Å². The van der Waals surface area contributed by atoms with Crippen LogP contribution in [-0.2, 0) is 23.8 Å². The first-order valence-electron chi connectivity index (χ1n) is 12.2. The molecule has 2 aliphatic carbocycles. The summed E-state index contributed by atoms with van der Waals surface area (Å²) in [5.74, 6) is 0.481. The molecule has 2 heterocycles. The van der Waals surface area contributed by atoms with Crippen molar-refractivity contribution in [3.63, 3.8) is 0 Å². The van der Waals surface area contributed by atoms with Crippen molar-refractivity contribution in [1.29, 1.82) is 0 Å². The van der Waals surface area contributed by atoms with Gasteiger partial charge in [-0.2, -0.15) is 5.10 Å². The van der Waals surface area contributed by atoms with Crippen LogP contribution in [-0.4, -0.2) is 40.2 Å². The summed E-state index contributed by atoms with van der Waals surface area (Å²) in [5, 5.41) is 8.56. The highest BCUT2D eigenvalue weighted by atomic mass is 35.5. The molecule has 2 saturated carbocycles. The van der Waals surface area contributed by atoms with E-state index in [0.717, 1.165) is 61.9 Å². The minimum absolute atomic E-state index is 0.128. The smallest absolute Gasteiger partial charge is 0.223 e. The summed E-state index contributed by atoms with van der Waals surface area (Å²) in [6, 6.07) is 10.8. The number of rotatable bonds is 6. The molecule has 0 radical (unpaired) electrons. The fraction of sp³-hybridized carbons (Fsp3) is 0.615. The van der Waals surface area contributed by atoms with E-state index in [9.17, 15) is 4.79 Å². The average molecular weight is 455 g/mol.